The van der Waals surface area contributed by atoms with Crippen LogP contribution in [0, 0.1) is 13.8 Å². The summed E-state index contributed by atoms with van der Waals surface area (Å²) in [6.45, 7) is 4.53. The molecule has 0 bridgehead atoms. The fraction of sp³-hybridized carbons (Fsp3) is 0.250. The van der Waals surface area contributed by atoms with Crippen LogP contribution in [-0.2, 0) is 4.74 Å². The summed E-state index contributed by atoms with van der Waals surface area (Å²) in [6.07, 6.45) is 1.60. The summed E-state index contributed by atoms with van der Waals surface area (Å²) < 4.78 is 12.3. The van der Waals surface area contributed by atoms with E-state index >= 15 is 0 Å². The van der Waals surface area contributed by atoms with Gasteiger partial charge in [0.25, 0.3) is 5.91 Å². The Morgan fingerprint density at radius 2 is 1.93 bits per heavy atom. The van der Waals surface area contributed by atoms with Crippen LogP contribution in [0.4, 0.5) is 5.69 Å². The molecule has 0 aliphatic rings. The zero-order valence-electron chi connectivity index (χ0n) is 15.9. The van der Waals surface area contributed by atoms with E-state index in [9.17, 15) is 4.79 Å². The third-order valence-electron chi connectivity index (χ3n) is 4.12. The average molecular weight is 401 g/mol. The third-order valence-corrected chi connectivity index (χ3v) is 4.67. The van der Waals surface area contributed by atoms with Crippen molar-refractivity contribution in [1.82, 2.24) is 14.8 Å². The number of pyridine rings is 1. The molecule has 0 atom stereocenters. The Bertz CT molecular complexity index is 970. The Morgan fingerprint density at radius 3 is 2.57 bits per heavy atom. The van der Waals surface area contributed by atoms with E-state index < -0.39 is 0 Å². The number of anilines is 1. The van der Waals surface area contributed by atoms with Crippen LogP contribution in [0.3, 0.4) is 0 Å². The first kappa shape index (κ1) is 19.9. The van der Waals surface area contributed by atoms with Gasteiger partial charge in [-0.1, -0.05) is 11.6 Å². The van der Waals surface area contributed by atoms with Crippen LogP contribution >= 0.6 is 11.6 Å². The lowest BCUT2D eigenvalue weighted by atomic mass is 10.2. The second-order valence-electron chi connectivity index (χ2n) is 6.09. The number of ether oxygens (including phenoxy) is 2. The number of amides is 1. The normalized spacial score (nSPS) is 10.7. The molecule has 8 heteroatoms. The number of carbonyl (C=O) groups is 1. The number of aromatic nitrogens is 3. The molecular formula is C20H21ClN4O3. The van der Waals surface area contributed by atoms with Gasteiger partial charge in [-0.3, -0.25) is 4.79 Å². The Morgan fingerprint density at radius 1 is 1.18 bits per heavy atom. The summed E-state index contributed by atoms with van der Waals surface area (Å²) >= 11 is 6.21. The molecule has 28 heavy (non-hydrogen) atoms. The number of nitrogens with zero attached hydrogens (tertiary/aromatic N) is 3. The van der Waals surface area contributed by atoms with Crippen LogP contribution in [0.2, 0.25) is 5.02 Å². The smallest absolute Gasteiger partial charge is 0.255 e. The second-order valence-corrected chi connectivity index (χ2v) is 6.47. The van der Waals surface area contributed by atoms with Gasteiger partial charge < -0.3 is 14.8 Å². The van der Waals surface area contributed by atoms with Crippen molar-refractivity contribution < 1.29 is 14.3 Å². The highest BCUT2D eigenvalue weighted by molar-refractivity contribution is 6.31. The van der Waals surface area contributed by atoms with Crippen LogP contribution in [0.15, 0.2) is 42.6 Å². The molecule has 0 saturated carbocycles. The van der Waals surface area contributed by atoms with Gasteiger partial charge in [0.1, 0.15) is 12.3 Å². The molecule has 146 valence electrons. The molecule has 0 spiro atoms. The second kappa shape index (κ2) is 8.86. The van der Waals surface area contributed by atoms with Gasteiger partial charge in [0.05, 0.1) is 28.7 Å². The van der Waals surface area contributed by atoms with Crippen molar-refractivity contribution >= 4 is 23.2 Å². The summed E-state index contributed by atoms with van der Waals surface area (Å²) in [5, 5.41) is 7.88. The molecule has 7 nitrogen and oxygen atoms in total. The molecule has 0 fully saturated rings. The molecule has 2 aromatic heterocycles. The van der Waals surface area contributed by atoms with Gasteiger partial charge >= 0.3 is 0 Å². The largest absolute Gasteiger partial charge is 0.474 e. The van der Waals surface area contributed by atoms with E-state index in [0.717, 1.165) is 17.1 Å². The van der Waals surface area contributed by atoms with Crippen molar-refractivity contribution in [2.24, 2.45) is 0 Å². The van der Waals surface area contributed by atoms with Crippen molar-refractivity contribution in [3.05, 3.63) is 64.6 Å². The first-order chi connectivity index (χ1) is 13.5. The van der Waals surface area contributed by atoms with Crippen LogP contribution < -0.4 is 10.1 Å². The number of halogens is 1. The molecule has 0 aliphatic heterocycles. The van der Waals surface area contributed by atoms with Gasteiger partial charge in [-0.2, -0.15) is 5.10 Å². The maximum Gasteiger partial charge on any atom is 0.255 e. The topological polar surface area (TPSA) is 78.3 Å². The number of benzene rings is 1. The van der Waals surface area contributed by atoms with Crippen LogP contribution in [0.25, 0.3) is 5.69 Å². The van der Waals surface area contributed by atoms with Gasteiger partial charge in [-0.25, -0.2) is 9.67 Å². The average Bonchev–Trinajstić information content (AvgIpc) is 2.97. The maximum atomic E-state index is 12.6. The molecule has 3 aromatic rings. The SMILES string of the molecule is COCCOc1ncccc1NC(=O)c1ccc(-n2nc(C)c(Cl)c2C)cc1. The lowest BCUT2D eigenvalue weighted by Gasteiger charge is -2.11. The minimum atomic E-state index is -0.262. The van der Waals surface area contributed by atoms with E-state index in [-0.39, 0.29) is 5.91 Å². The quantitative estimate of drug-likeness (QED) is 0.610. The first-order valence-corrected chi connectivity index (χ1v) is 9.09. The molecule has 0 saturated heterocycles. The highest BCUT2D eigenvalue weighted by atomic mass is 35.5. The number of methoxy groups -OCH3 is 1. The monoisotopic (exact) mass is 400 g/mol. The lowest BCUT2D eigenvalue weighted by Crippen LogP contribution is -2.14. The zero-order valence-corrected chi connectivity index (χ0v) is 16.7. The summed E-state index contributed by atoms with van der Waals surface area (Å²) in [4.78, 5) is 16.8. The fourth-order valence-electron chi connectivity index (χ4n) is 2.65. The molecule has 3 rings (SSSR count). The van der Waals surface area contributed by atoms with Crippen molar-refractivity contribution in [1.29, 1.82) is 0 Å². The molecule has 1 amide bonds. The first-order valence-electron chi connectivity index (χ1n) is 8.71. The summed E-state index contributed by atoms with van der Waals surface area (Å²) in [5.41, 5.74) is 3.44. The van der Waals surface area contributed by atoms with Crippen molar-refractivity contribution in [3.8, 4) is 11.6 Å². The number of hydrogen-bond acceptors (Lipinski definition) is 5. The van der Waals surface area contributed by atoms with Gasteiger partial charge in [0.2, 0.25) is 5.88 Å². The number of nitrogens with one attached hydrogen (secondary N) is 1. The number of aryl methyl sites for hydroxylation is 1. The van der Waals surface area contributed by atoms with Gasteiger partial charge in [0, 0.05) is 18.9 Å². The van der Waals surface area contributed by atoms with Crippen LogP contribution in [0.5, 0.6) is 5.88 Å². The predicted octanol–water partition coefficient (Wildman–Crippen LogP) is 3.82. The summed E-state index contributed by atoms with van der Waals surface area (Å²) in [7, 11) is 1.59. The van der Waals surface area contributed by atoms with E-state index in [0.29, 0.717) is 35.4 Å². The van der Waals surface area contributed by atoms with Crippen LogP contribution in [-0.4, -0.2) is 41.0 Å². The molecule has 0 unspecified atom stereocenters. The molecule has 0 radical (unpaired) electrons. The Kier molecular flexibility index (Phi) is 6.28. The van der Waals surface area contributed by atoms with Gasteiger partial charge in [0.15, 0.2) is 0 Å². The Balaban J connectivity index is 1.74. The lowest BCUT2D eigenvalue weighted by molar-refractivity contribution is 0.102. The third kappa shape index (κ3) is 4.32. The minimum Gasteiger partial charge on any atom is -0.474 e. The summed E-state index contributed by atoms with van der Waals surface area (Å²) in [6, 6.07) is 10.6. The van der Waals surface area contributed by atoms with E-state index in [4.69, 9.17) is 21.1 Å². The fourth-order valence-corrected chi connectivity index (χ4v) is 2.76. The molecule has 2 heterocycles. The molecular weight excluding hydrogens is 380 g/mol. The predicted molar refractivity (Wildman–Crippen MR) is 108 cm³/mol. The highest BCUT2D eigenvalue weighted by Crippen LogP contribution is 2.24. The van der Waals surface area contributed by atoms with E-state index in [1.54, 1.807) is 42.3 Å². The van der Waals surface area contributed by atoms with Crippen molar-refractivity contribution in [3.63, 3.8) is 0 Å². The number of carbonyl (C=O) groups excluding carboxylic acids is 1. The van der Waals surface area contributed by atoms with Crippen molar-refractivity contribution in [2.45, 2.75) is 13.8 Å². The minimum absolute atomic E-state index is 0.262. The van der Waals surface area contributed by atoms with Crippen molar-refractivity contribution in [2.75, 3.05) is 25.6 Å². The van der Waals surface area contributed by atoms with Gasteiger partial charge in [-0.15, -0.1) is 0 Å². The van der Waals surface area contributed by atoms with E-state index in [2.05, 4.69) is 15.4 Å². The van der Waals surface area contributed by atoms with Gasteiger partial charge in [-0.05, 0) is 50.2 Å². The Labute approximate surface area is 168 Å². The zero-order chi connectivity index (χ0) is 20.1. The molecule has 0 aliphatic carbocycles. The molecule has 1 N–H and O–H groups in total. The van der Waals surface area contributed by atoms with E-state index in [1.807, 2.05) is 26.0 Å². The highest BCUT2D eigenvalue weighted by Gasteiger charge is 2.13. The number of hydrogen-bond donors (Lipinski definition) is 1. The molecule has 1 aromatic carbocycles. The maximum absolute atomic E-state index is 12.6. The number of rotatable bonds is 7. The Hall–Kier alpha value is -2.90. The standard InChI is InChI=1S/C20H21ClN4O3/c1-13-18(21)14(2)25(24-13)16-8-6-15(7-9-16)19(26)23-17-5-4-10-22-20(17)28-12-11-27-3/h4-10H,11-12H2,1-3H3,(H,23,26). The van der Waals surface area contributed by atoms with Crippen LogP contribution in [0.1, 0.15) is 21.7 Å². The summed E-state index contributed by atoms with van der Waals surface area (Å²) in [5.74, 6) is 0.0874. The van der Waals surface area contributed by atoms with E-state index in [1.165, 1.54) is 0 Å².